The molecule has 1 radical (unpaired) electrons. The van der Waals surface area contributed by atoms with Crippen molar-refractivity contribution in [2.45, 2.75) is 41.5 Å². The van der Waals surface area contributed by atoms with Gasteiger partial charge in [-0.05, 0) is 73.0 Å². The maximum absolute atomic E-state index is 10.0. The molecule has 0 aliphatic carbocycles. The molecule has 0 aliphatic heterocycles. The van der Waals surface area contributed by atoms with Crippen molar-refractivity contribution in [2.75, 3.05) is 0 Å². The van der Waals surface area contributed by atoms with E-state index in [2.05, 4.69) is 100 Å². The van der Waals surface area contributed by atoms with Crippen molar-refractivity contribution in [3.8, 4) is 32.8 Å². The third kappa shape index (κ3) is 7.39. The Bertz CT molecular complexity index is 1600. The molecule has 3 nitrogen and oxygen atoms in total. The molecule has 0 atom stereocenters. The Morgan fingerprint density at radius 3 is 2.10 bits per heavy atom. The van der Waals surface area contributed by atoms with Gasteiger partial charge in [-0.15, -0.1) is 46.2 Å². The number of aliphatic hydroxyl groups excluding tert-OH is 1. The van der Waals surface area contributed by atoms with Crippen molar-refractivity contribution >= 4 is 27.2 Å². The predicted octanol–water partition coefficient (Wildman–Crippen LogP) is 9.37. The summed E-state index contributed by atoms with van der Waals surface area (Å²) in [6.45, 7) is 11.4. The van der Waals surface area contributed by atoms with Gasteiger partial charge in [0, 0.05) is 47.6 Å². The van der Waals surface area contributed by atoms with Crippen LogP contribution < -0.4 is 0 Å². The van der Waals surface area contributed by atoms with Gasteiger partial charge in [-0.25, -0.2) is 0 Å². The van der Waals surface area contributed by atoms with Crippen LogP contribution in [0.1, 0.15) is 36.1 Å². The van der Waals surface area contributed by atoms with E-state index in [1.165, 1.54) is 68.3 Å². The standard InChI is InChI=1S/C29H24NS.C5H8O2.Ir/c1-18-14-19(2)16-25(15-18)28-29-24(12-13-30-28)17-26(31-29)22-8-10-23(11-9-22)27-20(3)6-5-7-21(27)4;1-4(6)3-5(2)7;/h5-15,17H,1-4H3;3,6H,1-2H3;/q-1;;/b;4-3-;. The van der Waals surface area contributed by atoms with Gasteiger partial charge in [0.25, 0.3) is 0 Å². The van der Waals surface area contributed by atoms with E-state index in [9.17, 15) is 4.79 Å². The second-order valence-corrected chi connectivity index (χ2v) is 10.7. The molecule has 0 saturated heterocycles. The molecular weight excluding hydrogens is 679 g/mol. The average Bonchev–Trinajstić information content (AvgIpc) is 3.28. The van der Waals surface area contributed by atoms with Crippen molar-refractivity contribution in [3.05, 3.63) is 113 Å². The minimum absolute atomic E-state index is 0. The average molecular weight is 711 g/mol. The Morgan fingerprint density at radius 1 is 0.897 bits per heavy atom. The molecule has 0 fully saturated rings. The van der Waals surface area contributed by atoms with Gasteiger partial charge in [0.05, 0.1) is 5.76 Å². The maximum Gasteiger partial charge on any atom is 0.155 e. The molecule has 5 aromatic rings. The molecule has 2 heterocycles. The van der Waals surface area contributed by atoms with Crippen LogP contribution in [0, 0.1) is 33.8 Å². The number of carbonyl (C=O) groups excluding carboxylic acids is 1. The zero-order valence-electron chi connectivity index (χ0n) is 23.0. The van der Waals surface area contributed by atoms with E-state index in [0.29, 0.717) is 0 Å². The third-order valence-corrected chi connectivity index (χ3v) is 7.39. The van der Waals surface area contributed by atoms with Crippen molar-refractivity contribution in [2.24, 2.45) is 0 Å². The number of hydrogen-bond donors (Lipinski definition) is 1. The molecule has 2 aromatic heterocycles. The van der Waals surface area contributed by atoms with Gasteiger partial charge in [0.15, 0.2) is 5.78 Å². The second-order valence-electron chi connectivity index (χ2n) is 9.68. The fourth-order valence-electron chi connectivity index (χ4n) is 4.69. The molecule has 0 amide bonds. The first-order chi connectivity index (χ1) is 18.1. The minimum Gasteiger partial charge on any atom is -0.512 e. The second kappa shape index (κ2) is 13.1. The minimum atomic E-state index is -0.125. The summed E-state index contributed by atoms with van der Waals surface area (Å²) in [6.07, 6.45) is 3.07. The fourth-order valence-corrected chi connectivity index (χ4v) is 5.85. The fraction of sp³-hybridized carbons (Fsp3) is 0.176. The van der Waals surface area contributed by atoms with E-state index in [0.717, 1.165) is 16.8 Å². The van der Waals surface area contributed by atoms with Crippen LogP contribution in [0.3, 0.4) is 0 Å². The van der Waals surface area contributed by atoms with Crippen LogP contribution in [0.4, 0.5) is 0 Å². The number of ketones is 1. The molecule has 0 bridgehead atoms. The van der Waals surface area contributed by atoms with E-state index in [1.54, 1.807) is 0 Å². The van der Waals surface area contributed by atoms with Gasteiger partial charge in [-0.3, -0.25) is 4.79 Å². The number of hydrogen-bond acceptors (Lipinski definition) is 4. The number of benzene rings is 3. The van der Waals surface area contributed by atoms with Crippen LogP contribution >= 0.6 is 11.3 Å². The van der Waals surface area contributed by atoms with Gasteiger partial charge in [0.2, 0.25) is 0 Å². The summed E-state index contributed by atoms with van der Waals surface area (Å²) in [5.74, 6) is -0.0625. The number of fused-ring (bicyclic) bond motifs is 1. The van der Waals surface area contributed by atoms with Crippen molar-refractivity contribution < 1.29 is 30.0 Å². The molecule has 5 rings (SSSR count). The van der Waals surface area contributed by atoms with Crippen LogP contribution in [0.25, 0.3) is 42.9 Å². The first-order valence-corrected chi connectivity index (χ1v) is 13.4. The molecule has 0 unspecified atom stereocenters. The van der Waals surface area contributed by atoms with E-state index in [1.807, 2.05) is 17.5 Å². The molecule has 5 heteroatoms. The van der Waals surface area contributed by atoms with Crippen LogP contribution in [0.5, 0.6) is 0 Å². The summed E-state index contributed by atoms with van der Waals surface area (Å²) in [5.41, 5.74) is 11.0. The zero-order valence-corrected chi connectivity index (χ0v) is 26.3. The largest absolute Gasteiger partial charge is 0.512 e. The van der Waals surface area contributed by atoms with Crippen LogP contribution in [0.15, 0.2) is 84.8 Å². The van der Waals surface area contributed by atoms with Gasteiger partial charge in [0.1, 0.15) is 0 Å². The Hall–Kier alpha value is -3.37. The summed E-state index contributed by atoms with van der Waals surface area (Å²) in [5, 5.41) is 9.60. The van der Waals surface area contributed by atoms with Crippen LogP contribution in [-0.2, 0) is 24.9 Å². The topological polar surface area (TPSA) is 50.2 Å². The van der Waals surface area contributed by atoms with E-state index in [-0.39, 0.29) is 31.6 Å². The number of pyridine rings is 1. The van der Waals surface area contributed by atoms with E-state index in [4.69, 9.17) is 10.1 Å². The normalized spacial score (nSPS) is 11.0. The molecule has 201 valence electrons. The molecule has 1 N–H and O–H groups in total. The van der Waals surface area contributed by atoms with E-state index >= 15 is 0 Å². The third-order valence-electron chi connectivity index (χ3n) is 6.19. The number of rotatable bonds is 4. The van der Waals surface area contributed by atoms with Gasteiger partial charge in [-0.1, -0.05) is 56.3 Å². The molecule has 0 spiro atoms. The quantitative estimate of drug-likeness (QED) is 0.115. The van der Waals surface area contributed by atoms with Crippen LogP contribution in [0.2, 0.25) is 0 Å². The summed E-state index contributed by atoms with van der Waals surface area (Å²) >= 11 is 1.81. The SMILES string of the molecule is CC(=O)/C=C(/C)O.Cc1[c-]c(-c2nccc3cc(-c4ccc(-c5c(C)cccc5C)cc4)sc23)cc(C)c1.[Ir]. The van der Waals surface area contributed by atoms with Gasteiger partial charge in [-0.2, -0.15) is 0 Å². The van der Waals surface area contributed by atoms with Crippen molar-refractivity contribution in [3.63, 3.8) is 0 Å². The van der Waals surface area contributed by atoms with Crippen molar-refractivity contribution in [1.29, 1.82) is 0 Å². The Labute approximate surface area is 248 Å². The first-order valence-electron chi connectivity index (χ1n) is 12.6. The Balaban J connectivity index is 0.000000468. The van der Waals surface area contributed by atoms with Crippen molar-refractivity contribution in [1.82, 2.24) is 4.98 Å². The predicted molar refractivity (Wildman–Crippen MR) is 161 cm³/mol. The molecule has 3 aromatic carbocycles. The number of aromatic nitrogens is 1. The number of aliphatic hydroxyl groups is 1. The number of thiophene rings is 1. The summed E-state index contributed by atoms with van der Waals surface area (Å²) < 4.78 is 1.22. The summed E-state index contributed by atoms with van der Waals surface area (Å²) in [7, 11) is 0. The Kier molecular flexibility index (Phi) is 10.2. The molecule has 0 saturated carbocycles. The Morgan fingerprint density at radius 2 is 1.54 bits per heavy atom. The number of aryl methyl sites for hydroxylation is 4. The van der Waals surface area contributed by atoms with Gasteiger partial charge >= 0.3 is 0 Å². The number of carbonyl (C=O) groups is 1. The molecule has 0 aliphatic rings. The number of nitrogens with zero attached hydrogens (tertiary/aromatic N) is 1. The first kappa shape index (κ1) is 30.2. The summed E-state index contributed by atoms with van der Waals surface area (Å²) in [4.78, 5) is 16.0. The molecule has 39 heavy (non-hydrogen) atoms. The van der Waals surface area contributed by atoms with E-state index < -0.39 is 0 Å². The smallest absolute Gasteiger partial charge is 0.155 e. The van der Waals surface area contributed by atoms with Crippen LogP contribution in [-0.4, -0.2) is 15.9 Å². The monoisotopic (exact) mass is 711 g/mol. The zero-order chi connectivity index (χ0) is 27.4. The summed E-state index contributed by atoms with van der Waals surface area (Å²) in [6, 6.07) is 27.6. The van der Waals surface area contributed by atoms with Gasteiger partial charge < -0.3 is 10.1 Å². The number of allylic oxidation sites excluding steroid dienone is 2. The maximum atomic E-state index is 10.0. The molecular formula is C34H32IrNO2S-.